The molecular formula is C16H16ClN3O2S. The molecule has 1 aromatic heterocycles. The molecule has 1 fully saturated rings. The Labute approximate surface area is 143 Å². The molecule has 0 aliphatic carbocycles. The number of hydrogen-bond acceptors (Lipinski definition) is 4. The van der Waals surface area contributed by atoms with Crippen LogP contribution in [-0.2, 0) is 4.79 Å². The number of hydrogen-bond donors (Lipinski definition) is 1. The van der Waals surface area contributed by atoms with Crippen molar-refractivity contribution in [2.75, 3.05) is 11.4 Å². The highest BCUT2D eigenvalue weighted by molar-refractivity contribution is 7.12. The van der Waals surface area contributed by atoms with Crippen molar-refractivity contribution in [1.29, 1.82) is 0 Å². The maximum Gasteiger partial charge on any atom is 0.265 e. The van der Waals surface area contributed by atoms with Crippen LogP contribution in [0.15, 0.2) is 29.8 Å². The number of piperidine rings is 1. The second-order valence-corrected chi connectivity index (χ2v) is 6.68. The Morgan fingerprint density at radius 3 is 2.78 bits per heavy atom. The van der Waals surface area contributed by atoms with Crippen LogP contribution in [0, 0.1) is 6.92 Å². The van der Waals surface area contributed by atoms with E-state index in [9.17, 15) is 9.59 Å². The molecular weight excluding hydrogens is 334 g/mol. The normalized spacial score (nSPS) is 18.1. The van der Waals surface area contributed by atoms with E-state index in [2.05, 4.69) is 10.3 Å². The van der Waals surface area contributed by atoms with Crippen LogP contribution in [0.3, 0.4) is 0 Å². The fourth-order valence-electron chi connectivity index (χ4n) is 2.59. The van der Waals surface area contributed by atoms with Gasteiger partial charge in [-0.15, -0.1) is 11.3 Å². The van der Waals surface area contributed by atoms with E-state index in [1.807, 2.05) is 31.2 Å². The van der Waals surface area contributed by atoms with Crippen molar-refractivity contribution in [3.63, 3.8) is 0 Å². The largest absolute Gasteiger partial charge is 0.339 e. The maximum absolute atomic E-state index is 12.7. The van der Waals surface area contributed by atoms with Gasteiger partial charge in [0, 0.05) is 12.2 Å². The van der Waals surface area contributed by atoms with Gasteiger partial charge < -0.3 is 10.2 Å². The summed E-state index contributed by atoms with van der Waals surface area (Å²) in [5.74, 6) is -0.435. The lowest BCUT2D eigenvalue weighted by molar-refractivity contribution is -0.121. The Bertz CT molecular complexity index is 729. The van der Waals surface area contributed by atoms with E-state index >= 15 is 0 Å². The topological polar surface area (TPSA) is 62.3 Å². The van der Waals surface area contributed by atoms with Crippen molar-refractivity contribution in [3.05, 3.63) is 45.4 Å². The number of aromatic nitrogens is 1. The summed E-state index contributed by atoms with van der Waals surface area (Å²) in [6, 6.07) is 7.27. The van der Waals surface area contributed by atoms with Crippen LogP contribution in [-0.4, -0.2) is 29.4 Å². The van der Waals surface area contributed by atoms with Gasteiger partial charge in [-0.25, -0.2) is 4.98 Å². The van der Waals surface area contributed by atoms with Crippen molar-refractivity contribution < 1.29 is 9.59 Å². The minimum Gasteiger partial charge on any atom is -0.339 e. The quantitative estimate of drug-likeness (QED) is 0.926. The van der Waals surface area contributed by atoms with Crippen molar-refractivity contribution >= 4 is 40.4 Å². The number of thiazole rings is 1. The van der Waals surface area contributed by atoms with Crippen LogP contribution >= 0.6 is 22.9 Å². The Morgan fingerprint density at radius 1 is 1.39 bits per heavy atom. The standard InChI is InChI=1S/C16H16ClN3O2S/c1-10-4-6-11(7-5-10)20-8-2-3-12(16(20)22)19-15(21)13-14(17)18-9-23-13/h4-7,9,12H,2-3,8H2,1H3,(H,19,21). The maximum atomic E-state index is 12.7. The Morgan fingerprint density at radius 2 is 2.13 bits per heavy atom. The molecule has 1 aliphatic heterocycles. The summed E-state index contributed by atoms with van der Waals surface area (Å²) < 4.78 is 0. The summed E-state index contributed by atoms with van der Waals surface area (Å²) >= 11 is 7.04. The number of benzene rings is 1. The van der Waals surface area contributed by atoms with Gasteiger partial charge in [-0.3, -0.25) is 9.59 Å². The van der Waals surface area contributed by atoms with Crippen molar-refractivity contribution in [3.8, 4) is 0 Å². The first kappa shape index (κ1) is 16.0. The number of nitrogens with zero attached hydrogens (tertiary/aromatic N) is 2. The average Bonchev–Trinajstić information content (AvgIpc) is 2.97. The first-order chi connectivity index (χ1) is 11.1. The summed E-state index contributed by atoms with van der Waals surface area (Å²) in [5.41, 5.74) is 3.51. The Hall–Kier alpha value is -1.92. The lowest BCUT2D eigenvalue weighted by Gasteiger charge is -2.32. The third-order valence-corrected chi connectivity index (χ3v) is 5.04. The lowest BCUT2D eigenvalue weighted by Crippen LogP contribution is -2.52. The molecule has 0 bridgehead atoms. The minimum atomic E-state index is -0.532. The van der Waals surface area contributed by atoms with Gasteiger partial charge >= 0.3 is 0 Å². The fourth-order valence-corrected chi connectivity index (χ4v) is 3.50. The van der Waals surface area contributed by atoms with E-state index in [4.69, 9.17) is 11.6 Å². The molecule has 23 heavy (non-hydrogen) atoms. The van der Waals surface area contributed by atoms with Gasteiger partial charge in [0.15, 0.2) is 5.15 Å². The van der Waals surface area contributed by atoms with Gasteiger partial charge in [0.2, 0.25) is 5.91 Å². The molecule has 2 aromatic rings. The van der Waals surface area contributed by atoms with Crippen LogP contribution in [0.25, 0.3) is 0 Å². The first-order valence-corrected chi connectivity index (χ1v) is 8.60. The van der Waals surface area contributed by atoms with Crippen LogP contribution in [0.2, 0.25) is 5.15 Å². The summed E-state index contributed by atoms with van der Waals surface area (Å²) in [7, 11) is 0. The smallest absolute Gasteiger partial charge is 0.265 e. The van der Waals surface area contributed by atoms with Crippen LogP contribution in [0.5, 0.6) is 0 Å². The zero-order chi connectivity index (χ0) is 16.4. The van der Waals surface area contributed by atoms with Crippen LogP contribution in [0.4, 0.5) is 5.69 Å². The van der Waals surface area contributed by atoms with E-state index in [-0.39, 0.29) is 17.0 Å². The summed E-state index contributed by atoms with van der Waals surface area (Å²) in [4.78, 5) is 30.8. The molecule has 7 heteroatoms. The van der Waals surface area contributed by atoms with Gasteiger partial charge in [0.05, 0.1) is 5.51 Å². The van der Waals surface area contributed by atoms with Crippen molar-refractivity contribution in [1.82, 2.24) is 10.3 Å². The number of nitrogens with one attached hydrogen (secondary N) is 1. The van der Waals surface area contributed by atoms with E-state index in [1.165, 1.54) is 16.8 Å². The fraction of sp³-hybridized carbons (Fsp3) is 0.312. The molecule has 2 heterocycles. The summed E-state index contributed by atoms with van der Waals surface area (Å²) in [6.07, 6.45) is 1.46. The second kappa shape index (κ2) is 6.68. The van der Waals surface area contributed by atoms with Crippen LogP contribution in [0.1, 0.15) is 28.1 Å². The first-order valence-electron chi connectivity index (χ1n) is 7.34. The number of carbonyl (C=O) groups excluding carboxylic acids is 2. The lowest BCUT2D eigenvalue weighted by atomic mass is 10.0. The molecule has 3 rings (SSSR count). The minimum absolute atomic E-state index is 0.0888. The van der Waals surface area contributed by atoms with Gasteiger partial charge in [0.1, 0.15) is 10.9 Å². The Balaban J connectivity index is 1.73. The monoisotopic (exact) mass is 349 g/mol. The molecule has 1 atom stereocenters. The predicted octanol–water partition coefficient (Wildman–Crippen LogP) is 3.03. The van der Waals surface area contributed by atoms with Crippen molar-refractivity contribution in [2.24, 2.45) is 0 Å². The highest BCUT2D eigenvalue weighted by Crippen LogP contribution is 2.23. The number of amides is 2. The molecule has 1 aromatic carbocycles. The van der Waals surface area contributed by atoms with Gasteiger partial charge in [-0.05, 0) is 31.9 Å². The summed E-state index contributed by atoms with van der Waals surface area (Å²) in [5, 5.41) is 2.95. The molecule has 0 saturated carbocycles. The SMILES string of the molecule is Cc1ccc(N2CCCC(NC(=O)c3scnc3Cl)C2=O)cc1. The highest BCUT2D eigenvalue weighted by atomic mass is 35.5. The molecule has 0 radical (unpaired) electrons. The van der Waals surface area contributed by atoms with Crippen molar-refractivity contribution in [2.45, 2.75) is 25.8 Å². The number of rotatable bonds is 3. The van der Waals surface area contributed by atoms with Crippen LogP contribution < -0.4 is 10.2 Å². The molecule has 2 amide bonds. The number of carbonyl (C=O) groups is 2. The van der Waals surface area contributed by atoms with Gasteiger partial charge in [-0.2, -0.15) is 0 Å². The van der Waals surface area contributed by atoms with Gasteiger partial charge in [0.25, 0.3) is 5.91 Å². The number of anilines is 1. The molecule has 5 nitrogen and oxygen atoms in total. The number of aryl methyl sites for hydroxylation is 1. The third-order valence-electron chi connectivity index (χ3n) is 3.82. The molecule has 1 unspecified atom stereocenters. The Kier molecular flexibility index (Phi) is 4.63. The molecule has 120 valence electrons. The molecule has 1 N–H and O–H groups in total. The number of halogens is 1. The highest BCUT2D eigenvalue weighted by Gasteiger charge is 2.31. The average molecular weight is 350 g/mol. The molecule has 0 spiro atoms. The zero-order valence-electron chi connectivity index (χ0n) is 12.6. The molecule has 1 saturated heterocycles. The van der Waals surface area contributed by atoms with E-state index < -0.39 is 6.04 Å². The summed E-state index contributed by atoms with van der Waals surface area (Å²) in [6.45, 7) is 2.67. The van der Waals surface area contributed by atoms with E-state index in [0.29, 0.717) is 17.8 Å². The third kappa shape index (κ3) is 3.38. The molecule has 1 aliphatic rings. The zero-order valence-corrected chi connectivity index (χ0v) is 14.2. The van der Waals surface area contributed by atoms with E-state index in [0.717, 1.165) is 17.7 Å². The van der Waals surface area contributed by atoms with E-state index in [1.54, 1.807) is 4.90 Å². The second-order valence-electron chi connectivity index (χ2n) is 5.47. The van der Waals surface area contributed by atoms with Gasteiger partial charge in [-0.1, -0.05) is 29.3 Å². The predicted molar refractivity (Wildman–Crippen MR) is 91.1 cm³/mol.